The molecule has 0 saturated carbocycles. The quantitative estimate of drug-likeness (QED) is 0.586. The lowest BCUT2D eigenvalue weighted by atomic mass is 9.89. The molecule has 1 heterocycles. The van der Waals surface area contributed by atoms with Gasteiger partial charge in [0.05, 0.1) is 0 Å². The fraction of sp³-hybridized carbons (Fsp3) is 0.429. The van der Waals surface area contributed by atoms with Crippen molar-refractivity contribution in [1.82, 2.24) is 4.90 Å². The van der Waals surface area contributed by atoms with Crippen LogP contribution in [0.25, 0.3) is 0 Å². The van der Waals surface area contributed by atoms with Crippen molar-refractivity contribution in [2.45, 2.75) is 31.3 Å². The van der Waals surface area contributed by atoms with Crippen molar-refractivity contribution in [3.05, 3.63) is 35.9 Å². The highest BCUT2D eigenvalue weighted by molar-refractivity contribution is 5.89. The first-order valence-corrected chi connectivity index (χ1v) is 6.02. The standard InChI is InChI=1S/C14H17NO2/c16-11-14(12-17)8-4-5-9-15(14)10-13-6-2-1-3-7-13/h1-3,6-7,11-12H,4-5,8-10H2. The zero-order valence-corrected chi connectivity index (χ0v) is 9.84. The molecule has 1 fully saturated rings. The summed E-state index contributed by atoms with van der Waals surface area (Å²) in [5.41, 5.74) is 0.246. The van der Waals surface area contributed by atoms with Crippen LogP contribution in [-0.2, 0) is 16.1 Å². The van der Waals surface area contributed by atoms with Gasteiger partial charge in [0.1, 0.15) is 18.1 Å². The van der Waals surface area contributed by atoms with E-state index < -0.39 is 5.54 Å². The lowest BCUT2D eigenvalue weighted by Crippen LogP contribution is -2.53. The van der Waals surface area contributed by atoms with Gasteiger partial charge in [-0.2, -0.15) is 0 Å². The Labute approximate surface area is 101 Å². The molecule has 3 nitrogen and oxygen atoms in total. The van der Waals surface area contributed by atoms with E-state index in [4.69, 9.17) is 0 Å². The minimum absolute atomic E-state index is 0.646. The molecule has 0 unspecified atom stereocenters. The van der Waals surface area contributed by atoms with Crippen LogP contribution in [0.3, 0.4) is 0 Å². The second kappa shape index (κ2) is 5.23. The second-order valence-corrected chi connectivity index (χ2v) is 4.59. The molecule has 3 heteroatoms. The lowest BCUT2D eigenvalue weighted by Gasteiger charge is -2.39. The van der Waals surface area contributed by atoms with Crippen LogP contribution in [-0.4, -0.2) is 29.6 Å². The van der Waals surface area contributed by atoms with Crippen molar-refractivity contribution in [3.63, 3.8) is 0 Å². The molecule has 90 valence electrons. The summed E-state index contributed by atoms with van der Waals surface area (Å²) in [5, 5.41) is 0. The zero-order chi connectivity index (χ0) is 12.1. The van der Waals surface area contributed by atoms with E-state index in [0.29, 0.717) is 13.0 Å². The molecule has 0 N–H and O–H groups in total. The summed E-state index contributed by atoms with van der Waals surface area (Å²) in [5.74, 6) is 0. The molecule has 1 aliphatic heterocycles. The summed E-state index contributed by atoms with van der Waals surface area (Å²) in [7, 11) is 0. The number of carbonyl (C=O) groups is 2. The molecule has 1 aromatic carbocycles. The van der Waals surface area contributed by atoms with Gasteiger partial charge in [-0.3, -0.25) is 4.90 Å². The van der Waals surface area contributed by atoms with E-state index in [0.717, 1.165) is 37.5 Å². The normalized spacial score (nSPS) is 19.8. The number of rotatable bonds is 4. The van der Waals surface area contributed by atoms with Crippen LogP contribution < -0.4 is 0 Å². The van der Waals surface area contributed by atoms with E-state index in [2.05, 4.69) is 0 Å². The number of hydrogen-bond donors (Lipinski definition) is 0. The van der Waals surface area contributed by atoms with Gasteiger partial charge in [0.2, 0.25) is 0 Å². The summed E-state index contributed by atoms with van der Waals surface area (Å²) < 4.78 is 0. The first kappa shape index (κ1) is 12.0. The van der Waals surface area contributed by atoms with E-state index >= 15 is 0 Å². The van der Waals surface area contributed by atoms with Gasteiger partial charge < -0.3 is 9.59 Å². The number of benzene rings is 1. The van der Waals surface area contributed by atoms with E-state index in [1.54, 1.807) is 0 Å². The summed E-state index contributed by atoms with van der Waals surface area (Å²) >= 11 is 0. The minimum atomic E-state index is -0.895. The van der Waals surface area contributed by atoms with Gasteiger partial charge in [-0.15, -0.1) is 0 Å². The first-order chi connectivity index (χ1) is 8.30. The van der Waals surface area contributed by atoms with Crippen molar-refractivity contribution < 1.29 is 9.59 Å². The van der Waals surface area contributed by atoms with E-state index in [9.17, 15) is 9.59 Å². The molecule has 0 spiro atoms. The van der Waals surface area contributed by atoms with Crippen molar-refractivity contribution in [2.24, 2.45) is 0 Å². The van der Waals surface area contributed by atoms with Crippen molar-refractivity contribution >= 4 is 12.6 Å². The predicted molar refractivity (Wildman–Crippen MR) is 65.6 cm³/mol. The molecule has 1 saturated heterocycles. The number of nitrogens with zero attached hydrogens (tertiary/aromatic N) is 1. The van der Waals surface area contributed by atoms with Crippen molar-refractivity contribution in [1.29, 1.82) is 0 Å². The molecule has 2 rings (SSSR count). The minimum Gasteiger partial charge on any atom is -0.301 e. The van der Waals surface area contributed by atoms with Gasteiger partial charge in [0.15, 0.2) is 0 Å². The number of hydrogen-bond acceptors (Lipinski definition) is 3. The van der Waals surface area contributed by atoms with Crippen molar-refractivity contribution in [3.8, 4) is 0 Å². The van der Waals surface area contributed by atoms with Crippen molar-refractivity contribution in [2.75, 3.05) is 6.54 Å². The summed E-state index contributed by atoms with van der Waals surface area (Å²) in [6.45, 7) is 1.48. The van der Waals surface area contributed by atoms with E-state index in [1.165, 1.54) is 0 Å². The third kappa shape index (κ3) is 2.44. The summed E-state index contributed by atoms with van der Waals surface area (Å²) in [6.07, 6.45) is 4.26. The Hall–Kier alpha value is -1.48. The molecular formula is C14H17NO2. The van der Waals surface area contributed by atoms with Crippen LogP contribution in [0.4, 0.5) is 0 Å². The maximum atomic E-state index is 11.2. The van der Waals surface area contributed by atoms with Gasteiger partial charge in [-0.05, 0) is 31.4 Å². The topological polar surface area (TPSA) is 37.4 Å². The maximum Gasteiger partial charge on any atom is 0.147 e. The molecule has 0 aliphatic carbocycles. The Bertz CT molecular complexity index is 380. The smallest absolute Gasteiger partial charge is 0.147 e. The average molecular weight is 231 g/mol. The maximum absolute atomic E-state index is 11.2. The Kier molecular flexibility index (Phi) is 3.69. The summed E-state index contributed by atoms with van der Waals surface area (Å²) in [4.78, 5) is 24.5. The van der Waals surface area contributed by atoms with Gasteiger partial charge in [-0.25, -0.2) is 0 Å². The number of aldehydes is 2. The Balaban J connectivity index is 2.17. The molecule has 0 bridgehead atoms. The molecule has 0 atom stereocenters. The lowest BCUT2D eigenvalue weighted by molar-refractivity contribution is -0.132. The highest BCUT2D eigenvalue weighted by Gasteiger charge is 2.38. The van der Waals surface area contributed by atoms with Gasteiger partial charge in [-0.1, -0.05) is 30.3 Å². The molecule has 1 aromatic rings. The SMILES string of the molecule is O=CC1(C=O)CCCCN1Cc1ccccc1. The van der Waals surface area contributed by atoms with Crippen LogP contribution >= 0.6 is 0 Å². The Morgan fingerprint density at radius 2 is 1.82 bits per heavy atom. The predicted octanol–water partition coefficient (Wildman–Crippen LogP) is 1.81. The van der Waals surface area contributed by atoms with Crippen LogP contribution in [0, 0.1) is 0 Å². The fourth-order valence-electron chi connectivity index (χ4n) is 2.40. The molecule has 0 radical (unpaired) electrons. The Morgan fingerprint density at radius 3 is 2.47 bits per heavy atom. The highest BCUT2D eigenvalue weighted by atomic mass is 16.1. The average Bonchev–Trinajstić information content (AvgIpc) is 2.41. The monoisotopic (exact) mass is 231 g/mol. The fourth-order valence-corrected chi connectivity index (χ4v) is 2.40. The third-order valence-electron chi connectivity index (χ3n) is 3.47. The molecule has 17 heavy (non-hydrogen) atoms. The number of piperidine rings is 1. The van der Waals surface area contributed by atoms with E-state index in [1.807, 2.05) is 35.2 Å². The number of likely N-dealkylation sites (tertiary alicyclic amines) is 1. The van der Waals surface area contributed by atoms with Crippen LogP contribution in [0.15, 0.2) is 30.3 Å². The molecular weight excluding hydrogens is 214 g/mol. The molecule has 0 aromatic heterocycles. The van der Waals surface area contributed by atoms with Gasteiger partial charge in [0, 0.05) is 6.54 Å². The van der Waals surface area contributed by atoms with Gasteiger partial charge >= 0.3 is 0 Å². The third-order valence-corrected chi connectivity index (χ3v) is 3.47. The van der Waals surface area contributed by atoms with Crippen LogP contribution in [0.2, 0.25) is 0 Å². The first-order valence-electron chi connectivity index (χ1n) is 6.02. The van der Waals surface area contributed by atoms with E-state index in [-0.39, 0.29) is 0 Å². The molecule has 1 aliphatic rings. The largest absolute Gasteiger partial charge is 0.301 e. The summed E-state index contributed by atoms with van der Waals surface area (Å²) in [6, 6.07) is 9.96. The van der Waals surface area contributed by atoms with Crippen LogP contribution in [0.5, 0.6) is 0 Å². The second-order valence-electron chi connectivity index (χ2n) is 4.59. The Morgan fingerprint density at radius 1 is 1.12 bits per heavy atom. The van der Waals surface area contributed by atoms with Crippen LogP contribution in [0.1, 0.15) is 24.8 Å². The highest BCUT2D eigenvalue weighted by Crippen LogP contribution is 2.26. The zero-order valence-electron chi connectivity index (χ0n) is 9.84. The van der Waals surface area contributed by atoms with Gasteiger partial charge in [0.25, 0.3) is 0 Å². The molecule has 0 amide bonds. The number of carbonyl (C=O) groups excluding carboxylic acids is 2.